The maximum atomic E-state index is 13.2. The average Bonchev–Trinajstić information content (AvgIpc) is 3.60. The summed E-state index contributed by atoms with van der Waals surface area (Å²) >= 11 is 0. The number of hydrogen-bond donors (Lipinski definition) is 0. The molecular formula is C25H22FN3O4. The van der Waals surface area contributed by atoms with Gasteiger partial charge in [0.25, 0.3) is 5.91 Å². The fourth-order valence-electron chi connectivity index (χ4n) is 4.06. The number of oxazole rings is 1. The Balaban J connectivity index is 1.32. The van der Waals surface area contributed by atoms with Crippen LogP contribution in [0.5, 0.6) is 5.75 Å². The summed E-state index contributed by atoms with van der Waals surface area (Å²) in [6, 6.07) is 15.0. The van der Waals surface area contributed by atoms with E-state index in [4.69, 9.17) is 13.7 Å². The number of benzene rings is 2. The summed E-state index contributed by atoms with van der Waals surface area (Å²) in [5.74, 6) is 1.49. The SMILES string of the molecule is COc1cccc(-c2cc(C(=O)N3CCC[C@H]3c3ncc(Cc4ccc(F)cc4)o3)on2)c1. The number of carbonyl (C=O) groups excluding carboxylic acids is 1. The molecule has 1 atom stereocenters. The first kappa shape index (κ1) is 20.9. The van der Waals surface area contributed by atoms with Crippen LogP contribution in [0.3, 0.4) is 0 Å². The molecule has 0 spiro atoms. The summed E-state index contributed by atoms with van der Waals surface area (Å²) < 4.78 is 29.7. The monoisotopic (exact) mass is 447 g/mol. The molecule has 1 saturated heterocycles. The molecular weight excluding hydrogens is 425 g/mol. The number of hydrogen-bond acceptors (Lipinski definition) is 6. The molecule has 0 unspecified atom stereocenters. The maximum absolute atomic E-state index is 13.2. The second-order valence-electron chi connectivity index (χ2n) is 7.93. The number of aromatic nitrogens is 2. The van der Waals surface area contributed by atoms with Gasteiger partial charge in [0.2, 0.25) is 11.7 Å². The highest BCUT2D eigenvalue weighted by molar-refractivity contribution is 5.92. The van der Waals surface area contributed by atoms with E-state index in [0.717, 1.165) is 24.0 Å². The molecule has 3 heterocycles. The zero-order chi connectivity index (χ0) is 22.8. The molecule has 0 saturated carbocycles. The van der Waals surface area contributed by atoms with E-state index in [1.165, 1.54) is 12.1 Å². The van der Waals surface area contributed by atoms with Crippen LogP contribution in [0.25, 0.3) is 11.3 Å². The quantitative estimate of drug-likeness (QED) is 0.412. The third kappa shape index (κ3) is 4.37. The minimum atomic E-state index is -0.279. The van der Waals surface area contributed by atoms with Crippen LogP contribution in [0.4, 0.5) is 4.39 Å². The van der Waals surface area contributed by atoms with E-state index in [2.05, 4.69) is 10.1 Å². The van der Waals surface area contributed by atoms with Crippen LogP contribution in [0, 0.1) is 5.82 Å². The van der Waals surface area contributed by atoms with Crippen molar-refractivity contribution in [1.82, 2.24) is 15.0 Å². The molecule has 1 aliphatic heterocycles. The van der Waals surface area contributed by atoms with Crippen molar-refractivity contribution in [3.63, 3.8) is 0 Å². The minimum Gasteiger partial charge on any atom is -0.497 e. The summed E-state index contributed by atoms with van der Waals surface area (Å²) in [4.78, 5) is 19.3. The topological polar surface area (TPSA) is 81.6 Å². The lowest BCUT2D eigenvalue weighted by Gasteiger charge is -2.20. The van der Waals surface area contributed by atoms with Crippen molar-refractivity contribution < 1.29 is 22.9 Å². The van der Waals surface area contributed by atoms with Crippen molar-refractivity contribution in [2.75, 3.05) is 13.7 Å². The summed E-state index contributed by atoms with van der Waals surface area (Å²) in [5.41, 5.74) is 2.28. The van der Waals surface area contributed by atoms with Crippen molar-refractivity contribution in [2.24, 2.45) is 0 Å². The van der Waals surface area contributed by atoms with E-state index in [-0.39, 0.29) is 23.5 Å². The minimum absolute atomic E-state index is 0.165. The Morgan fingerprint density at radius 1 is 1.21 bits per heavy atom. The standard InChI is InChI=1S/C25H22FN3O4/c1-31-19-5-2-4-17(13-19)21-14-23(33-28-21)25(30)29-11-3-6-22(29)24-27-15-20(32-24)12-16-7-9-18(26)10-8-16/h2,4-5,7-10,13-15,22H,3,6,11-12H2,1H3/t22-/m0/s1. The van der Waals surface area contributed by atoms with Gasteiger partial charge >= 0.3 is 0 Å². The number of ether oxygens (including phenoxy) is 1. The third-order valence-electron chi connectivity index (χ3n) is 5.75. The Labute approximate surface area is 189 Å². The molecule has 1 fully saturated rings. The number of halogens is 1. The smallest absolute Gasteiger partial charge is 0.293 e. The molecule has 1 amide bonds. The summed E-state index contributed by atoms with van der Waals surface area (Å²) in [6.45, 7) is 0.578. The number of carbonyl (C=O) groups is 1. The van der Waals surface area contributed by atoms with Crippen LogP contribution < -0.4 is 4.74 Å². The van der Waals surface area contributed by atoms with Gasteiger partial charge in [-0.2, -0.15) is 0 Å². The summed E-state index contributed by atoms with van der Waals surface area (Å²) in [7, 11) is 1.60. The highest BCUT2D eigenvalue weighted by Crippen LogP contribution is 2.34. The van der Waals surface area contributed by atoms with Crippen molar-refractivity contribution in [1.29, 1.82) is 0 Å². The van der Waals surface area contributed by atoms with Gasteiger partial charge in [-0.05, 0) is 42.7 Å². The van der Waals surface area contributed by atoms with Crippen molar-refractivity contribution in [2.45, 2.75) is 25.3 Å². The van der Waals surface area contributed by atoms with Crippen LogP contribution in [0.2, 0.25) is 0 Å². The molecule has 0 bridgehead atoms. The molecule has 33 heavy (non-hydrogen) atoms. The van der Waals surface area contributed by atoms with Crippen LogP contribution in [-0.2, 0) is 6.42 Å². The number of likely N-dealkylation sites (tertiary alicyclic amines) is 1. The normalized spacial score (nSPS) is 15.7. The predicted molar refractivity (Wildman–Crippen MR) is 117 cm³/mol. The third-order valence-corrected chi connectivity index (χ3v) is 5.75. The second-order valence-corrected chi connectivity index (χ2v) is 7.93. The van der Waals surface area contributed by atoms with Crippen LogP contribution in [0.1, 0.15) is 46.7 Å². The number of methoxy groups -OCH3 is 1. The Hall–Kier alpha value is -3.94. The van der Waals surface area contributed by atoms with Crippen molar-refractivity contribution in [3.8, 4) is 17.0 Å². The van der Waals surface area contributed by atoms with E-state index in [9.17, 15) is 9.18 Å². The number of amides is 1. The Bertz CT molecular complexity index is 1260. The molecule has 168 valence electrons. The molecule has 0 radical (unpaired) electrons. The van der Waals surface area contributed by atoms with Gasteiger partial charge in [0.15, 0.2) is 0 Å². The van der Waals surface area contributed by atoms with E-state index >= 15 is 0 Å². The van der Waals surface area contributed by atoms with Crippen molar-refractivity contribution in [3.05, 3.63) is 89.6 Å². The lowest BCUT2D eigenvalue weighted by Crippen LogP contribution is -2.30. The van der Waals surface area contributed by atoms with E-state index in [1.807, 2.05) is 24.3 Å². The molecule has 0 N–H and O–H groups in total. The highest BCUT2D eigenvalue weighted by Gasteiger charge is 2.35. The average molecular weight is 447 g/mol. The maximum Gasteiger partial charge on any atom is 0.293 e. The molecule has 7 nitrogen and oxygen atoms in total. The zero-order valence-corrected chi connectivity index (χ0v) is 18.0. The van der Waals surface area contributed by atoms with E-state index < -0.39 is 0 Å². The first-order valence-electron chi connectivity index (χ1n) is 10.7. The van der Waals surface area contributed by atoms with Gasteiger partial charge in [-0.15, -0.1) is 0 Å². The van der Waals surface area contributed by atoms with Crippen LogP contribution >= 0.6 is 0 Å². The van der Waals surface area contributed by atoms with Gasteiger partial charge in [-0.25, -0.2) is 9.37 Å². The Kier molecular flexibility index (Phi) is 5.64. The van der Waals surface area contributed by atoms with Gasteiger partial charge in [0.05, 0.1) is 13.3 Å². The van der Waals surface area contributed by atoms with Gasteiger partial charge in [0.1, 0.15) is 29.1 Å². The fourth-order valence-corrected chi connectivity index (χ4v) is 4.06. The zero-order valence-electron chi connectivity index (χ0n) is 18.0. The molecule has 0 aliphatic carbocycles. The second kappa shape index (κ2) is 8.90. The summed E-state index contributed by atoms with van der Waals surface area (Å²) in [5, 5.41) is 4.07. The lowest BCUT2D eigenvalue weighted by atomic mass is 10.1. The number of rotatable bonds is 6. The van der Waals surface area contributed by atoms with Crippen LogP contribution in [0.15, 0.2) is 69.7 Å². The first-order valence-corrected chi connectivity index (χ1v) is 10.7. The van der Waals surface area contributed by atoms with Gasteiger partial charge in [0, 0.05) is 24.6 Å². The lowest BCUT2D eigenvalue weighted by molar-refractivity contribution is 0.0672. The van der Waals surface area contributed by atoms with E-state index in [0.29, 0.717) is 36.1 Å². The highest BCUT2D eigenvalue weighted by atomic mass is 19.1. The fraction of sp³-hybridized carbons (Fsp3) is 0.240. The van der Waals surface area contributed by atoms with E-state index in [1.54, 1.807) is 36.4 Å². The molecule has 5 rings (SSSR count). The molecule has 1 aliphatic rings. The Morgan fingerprint density at radius 3 is 2.88 bits per heavy atom. The molecule has 8 heteroatoms. The van der Waals surface area contributed by atoms with Gasteiger partial charge < -0.3 is 18.6 Å². The molecule has 4 aromatic rings. The first-order chi connectivity index (χ1) is 16.1. The van der Waals surface area contributed by atoms with Gasteiger partial charge in [-0.1, -0.05) is 29.4 Å². The largest absolute Gasteiger partial charge is 0.497 e. The molecule has 2 aromatic heterocycles. The Morgan fingerprint density at radius 2 is 2.06 bits per heavy atom. The van der Waals surface area contributed by atoms with Gasteiger partial charge in [-0.3, -0.25) is 4.79 Å². The molecule has 2 aromatic carbocycles. The summed E-state index contributed by atoms with van der Waals surface area (Å²) in [6.07, 6.45) is 3.75. The van der Waals surface area contributed by atoms with Crippen molar-refractivity contribution >= 4 is 5.91 Å². The number of nitrogens with zero attached hydrogens (tertiary/aromatic N) is 3. The predicted octanol–water partition coefficient (Wildman–Crippen LogP) is 5.05. The van der Waals surface area contributed by atoms with Crippen LogP contribution in [-0.4, -0.2) is 34.6 Å².